The van der Waals surface area contributed by atoms with Crippen molar-refractivity contribution in [3.8, 4) is 0 Å². The number of amides is 1. The molecule has 0 saturated carbocycles. The highest BCUT2D eigenvalue weighted by Gasteiger charge is 2.10. The van der Waals surface area contributed by atoms with Crippen LogP contribution in [0.3, 0.4) is 0 Å². The Morgan fingerprint density at radius 3 is 2.71 bits per heavy atom. The van der Waals surface area contributed by atoms with Crippen molar-refractivity contribution in [2.45, 2.75) is 13.8 Å². The van der Waals surface area contributed by atoms with E-state index in [1.807, 2.05) is 32.0 Å². The molecule has 0 aliphatic rings. The molecule has 1 aromatic carbocycles. The second-order valence-corrected chi connectivity index (χ2v) is 4.67. The molecule has 2 rings (SSSR count). The zero-order valence-corrected chi connectivity index (χ0v) is 12.2. The quantitative estimate of drug-likeness (QED) is 0.827. The van der Waals surface area contributed by atoms with Crippen LogP contribution in [0.5, 0.6) is 0 Å². The van der Waals surface area contributed by atoms with Gasteiger partial charge in [-0.15, -0.1) is 16.8 Å². The summed E-state index contributed by atoms with van der Waals surface area (Å²) in [7, 11) is 0. The predicted molar refractivity (Wildman–Crippen MR) is 84.6 cm³/mol. The van der Waals surface area contributed by atoms with Gasteiger partial charge in [0.15, 0.2) is 5.69 Å². The standard InChI is InChI=1S/C16H18N4O/c1-4-10-17-15-9-8-14(19-20-15)16(21)18-13-7-5-6-11(2)12(13)3/h4-9H,1,10H2,2-3H3,(H,17,20)(H,18,21). The molecule has 0 spiro atoms. The zero-order chi connectivity index (χ0) is 15.2. The Bertz CT molecular complexity index is 650. The minimum atomic E-state index is -0.272. The summed E-state index contributed by atoms with van der Waals surface area (Å²) in [6.45, 7) is 8.18. The molecule has 0 atom stereocenters. The first-order chi connectivity index (χ1) is 10.1. The smallest absolute Gasteiger partial charge is 0.276 e. The van der Waals surface area contributed by atoms with Crippen LogP contribution in [0, 0.1) is 13.8 Å². The van der Waals surface area contributed by atoms with Gasteiger partial charge in [0.05, 0.1) is 0 Å². The number of nitrogens with one attached hydrogen (secondary N) is 2. The highest BCUT2D eigenvalue weighted by molar-refractivity contribution is 6.03. The summed E-state index contributed by atoms with van der Waals surface area (Å²) < 4.78 is 0. The molecule has 1 heterocycles. The van der Waals surface area contributed by atoms with Crippen molar-refractivity contribution < 1.29 is 4.79 Å². The van der Waals surface area contributed by atoms with Crippen LogP contribution in [0.4, 0.5) is 11.5 Å². The van der Waals surface area contributed by atoms with Crippen molar-refractivity contribution in [3.05, 3.63) is 59.8 Å². The van der Waals surface area contributed by atoms with E-state index in [2.05, 4.69) is 27.4 Å². The van der Waals surface area contributed by atoms with Gasteiger partial charge < -0.3 is 10.6 Å². The van der Waals surface area contributed by atoms with Gasteiger partial charge in [-0.2, -0.15) is 0 Å². The maximum Gasteiger partial charge on any atom is 0.276 e. The third-order valence-corrected chi connectivity index (χ3v) is 3.18. The maximum atomic E-state index is 12.2. The van der Waals surface area contributed by atoms with Gasteiger partial charge in [-0.1, -0.05) is 18.2 Å². The minimum Gasteiger partial charge on any atom is -0.365 e. The second-order valence-electron chi connectivity index (χ2n) is 4.67. The Balaban J connectivity index is 2.09. The van der Waals surface area contributed by atoms with Crippen LogP contribution in [-0.2, 0) is 0 Å². The topological polar surface area (TPSA) is 66.9 Å². The molecule has 0 radical (unpaired) electrons. The molecule has 2 aromatic rings. The third-order valence-electron chi connectivity index (χ3n) is 3.18. The Hall–Kier alpha value is -2.69. The van der Waals surface area contributed by atoms with Gasteiger partial charge in [-0.05, 0) is 43.2 Å². The fraction of sp³-hybridized carbons (Fsp3) is 0.188. The van der Waals surface area contributed by atoms with E-state index >= 15 is 0 Å². The number of aromatic nitrogens is 2. The Kier molecular flexibility index (Phi) is 4.66. The average molecular weight is 282 g/mol. The van der Waals surface area contributed by atoms with Gasteiger partial charge in [0, 0.05) is 12.2 Å². The molecule has 0 bridgehead atoms. The van der Waals surface area contributed by atoms with Gasteiger partial charge in [0.2, 0.25) is 0 Å². The summed E-state index contributed by atoms with van der Waals surface area (Å²) in [6, 6.07) is 9.14. The fourth-order valence-electron chi connectivity index (χ4n) is 1.80. The number of hydrogen-bond donors (Lipinski definition) is 2. The van der Waals surface area contributed by atoms with Crippen molar-refractivity contribution in [1.29, 1.82) is 0 Å². The summed E-state index contributed by atoms with van der Waals surface area (Å²) in [5.74, 6) is 0.338. The molecule has 0 unspecified atom stereocenters. The van der Waals surface area contributed by atoms with Gasteiger partial charge in [0.25, 0.3) is 5.91 Å². The summed E-state index contributed by atoms with van der Waals surface area (Å²) in [4.78, 5) is 12.2. The molecule has 1 aromatic heterocycles. The molecule has 21 heavy (non-hydrogen) atoms. The number of nitrogens with zero attached hydrogens (tertiary/aromatic N) is 2. The highest BCUT2D eigenvalue weighted by Crippen LogP contribution is 2.18. The molecule has 5 heteroatoms. The first-order valence-electron chi connectivity index (χ1n) is 6.68. The van der Waals surface area contributed by atoms with Crippen molar-refractivity contribution in [3.63, 3.8) is 0 Å². The molecule has 0 fully saturated rings. The minimum absolute atomic E-state index is 0.272. The van der Waals surface area contributed by atoms with E-state index in [-0.39, 0.29) is 11.6 Å². The van der Waals surface area contributed by atoms with Crippen LogP contribution >= 0.6 is 0 Å². The molecular weight excluding hydrogens is 264 g/mol. The summed E-state index contributed by atoms with van der Waals surface area (Å²) >= 11 is 0. The largest absolute Gasteiger partial charge is 0.365 e. The van der Waals surface area contributed by atoms with Gasteiger partial charge in [-0.25, -0.2) is 0 Å². The number of aryl methyl sites for hydroxylation is 1. The molecule has 0 aliphatic carbocycles. The van der Waals surface area contributed by atoms with E-state index in [4.69, 9.17) is 0 Å². The lowest BCUT2D eigenvalue weighted by Crippen LogP contribution is -2.15. The fourth-order valence-corrected chi connectivity index (χ4v) is 1.80. The number of hydrogen-bond acceptors (Lipinski definition) is 4. The molecular formula is C16H18N4O. The van der Waals surface area contributed by atoms with Crippen molar-refractivity contribution >= 4 is 17.4 Å². The van der Waals surface area contributed by atoms with Crippen molar-refractivity contribution in [1.82, 2.24) is 10.2 Å². The zero-order valence-electron chi connectivity index (χ0n) is 12.2. The molecule has 2 N–H and O–H groups in total. The van der Waals surface area contributed by atoms with Crippen LogP contribution in [0.15, 0.2) is 43.0 Å². The summed E-state index contributed by atoms with van der Waals surface area (Å²) in [5, 5.41) is 13.7. The van der Waals surface area contributed by atoms with Crippen LogP contribution in [-0.4, -0.2) is 22.6 Å². The van der Waals surface area contributed by atoms with E-state index in [1.54, 1.807) is 18.2 Å². The van der Waals surface area contributed by atoms with E-state index in [1.165, 1.54) is 0 Å². The lowest BCUT2D eigenvalue weighted by Gasteiger charge is -2.10. The first kappa shape index (κ1) is 14.7. The van der Waals surface area contributed by atoms with Crippen LogP contribution in [0.25, 0.3) is 0 Å². The Morgan fingerprint density at radius 2 is 2.05 bits per heavy atom. The summed E-state index contributed by atoms with van der Waals surface area (Å²) in [5.41, 5.74) is 3.24. The van der Waals surface area contributed by atoms with E-state index in [0.29, 0.717) is 12.4 Å². The monoisotopic (exact) mass is 282 g/mol. The number of benzene rings is 1. The van der Waals surface area contributed by atoms with Gasteiger partial charge >= 0.3 is 0 Å². The lowest BCUT2D eigenvalue weighted by molar-refractivity contribution is 0.102. The van der Waals surface area contributed by atoms with E-state index in [0.717, 1.165) is 16.8 Å². The molecule has 5 nitrogen and oxygen atoms in total. The lowest BCUT2D eigenvalue weighted by atomic mass is 10.1. The molecule has 1 amide bonds. The second kappa shape index (κ2) is 6.65. The first-order valence-corrected chi connectivity index (χ1v) is 6.68. The van der Waals surface area contributed by atoms with E-state index < -0.39 is 0 Å². The molecule has 108 valence electrons. The van der Waals surface area contributed by atoms with Crippen molar-refractivity contribution in [2.75, 3.05) is 17.2 Å². The number of carbonyl (C=O) groups excluding carboxylic acids is 1. The van der Waals surface area contributed by atoms with Gasteiger partial charge in [-0.3, -0.25) is 4.79 Å². The maximum absolute atomic E-state index is 12.2. The normalized spacial score (nSPS) is 10.0. The SMILES string of the molecule is C=CCNc1ccc(C(=O)Nc2cccc(C)c2C)nn1. The Labute approximate surface area is 124 Å². The van der Waals surface area contributed by atoms with Gasteiger partial charge in [0.1, 0.15) is 5.82 Å². The van der Waals surface area contributed by atoms with Crippen LogP contribution in [0.1, 0.15) is 21.6 Å². The summed E-state index contributed by atoms with van der Waals surface area (Å²) in [6.07, 6.45) is 1.73. The van der Waals surface area contributed by atoms with Crippen molar-refractivity contribution in [2.24, 2.45) is 0 Å². The van der Waals surface area contributed by atoms with Crippen LogP contribution < -0.4 is 10.6 Å². The Morgan fingerprint density at radius 1 is 1.24 bits per heavy atom. The number of rotatable bonds is 5. The number of carbonyl (C=O) groups is 1. The highest BCUT2D eigenvalue weighted by atomic mass is 16.1. The molecule has 0 saturated heterocycles. The molecule has 0 aliphatic heterocycles. The predicted octanol–water partition coefficient (Wildman–Crippen LogP) is 2.94. The van der Waals surface area contributed by atoms with Crippen LogP contribution in [0.2, 0.25) is 0 Å². The van der Waals surface area contributed by atoms with E-state index in [9.17, 15) is 4.79 Å². The number of anilines is 2. The average Bonchev–Trinajstić information content (AvgIpc) is 2.50. The third kappa shape index (κ3) is 3.66.